The van der Waals surface area contributed by atoms with Crippen molar-refractivity contribution in [3.05, 3.63) is 60.5 Å². The number of rotatable bonds is 8. The third-order valence-electron chi connectivity index (χ3n) is 4.05. The molecule has 1 unspecified atom stereocenters. The number of hydrogen-bond acceptors (Lipinski definition) is 6. The van der Waals surface area contributed by atoms with Crippen molar-refractivity contribution >= 4 is 17.7 Å². The predicted molar refractivity (Wildman–Crippen MR) is 105 cm³/mol. The summed E-state index contributed by atoms with van der Waals surface area (Å²) in [5, 5.41) is 6.94. The zero-order valence-electron chi connectivity index (χ0n) is 15.6. The molecule has 2 heterocycles. The summed E-state index contributed by atoms with van der Waals surface area (Å²) < 4.78 is 19.0. The van der Waals surface area contributed by atoms with E-state index in [2.05, 4.69) is 20.4 Å². The fraction of sp³-hybridized carbons (Fsp3) is 0.300. The zero-order valence-corrected chi connectivity index (χ0v) is 16.4. The SMILES string of the molecule is CC(C)C(NC(=O)CCSc1ccccc1F)c1nc(-c2ccncc2)no1. The van der Waals surface area contributed by atoms with Crippen LogP contribution in [0.15, 0.2) is 58.2 Å². The van der Waals surface area contributed by atoms with Crippen LogP contribution in [0.3, 0.4) is 0 Å². The molecule has 8 heteroatoms. The van der Waals surface area contributed by atoms with Gasteiger partial charge in [0.05, 0.1) is 0 Å². The Morgan fingerprint density at radius 3 is 2.68 bits per heavy atom. The summed E-state index contributed by atoms with van der Waals surface area (Å²) in [5.74, 6) is 0.927. The van der Waals surface area contributed by atoms with Gasteiger partial charge in [-0.2, -0.15) is 4.98 Å². The van der Waals surface area contributed by atoms with E-state index in [9.17, 15) is 9.18 Å². The molecule has 3 aromatic rings. The van der Waals surface area contributed by atoms with E-state index in [4.69, 9.17) is 4.52 Å². The lowest BCUT2D eigenvalue weighted by molar-refractivity contribution is -0.122. The quantitative estimate of drug-likeness (QED) is 0.569. The van der Waals surface area contributed by atoms with Gasteiger partial charge in [-0.15, -0.1) is 11.8 Å². The monoisotopic (exact) mass is 400 g/mol. The molecule has 1 atom stereocenters. The van der Waals surface area contributed by atoms with Crippen LogP contribution in [-0.4, -0.2) is 26.8 Å². The molecule has 0 saturated carbocycles. The highest BCUT2D eigenvalue weighted by Crippen LogP contribution is 2.24. The van der Waals surface area contributed by atoms with E-state index < -0.39 is 6.04 Å². The van der Waals surface area contributed by atoms with Gasteiger partial charge in [0.2, 0.25) is 17.6 Å². The molecule has 28 heavy (non-hydrogen) atoms. The smallest absolute Gasteiger partial charge is 0.249 e. The minimum absolute atomic E-state index is 0.0638. The summed E-state index contributed by atoms with van der Waals surface area (Å²) in [6, 6.07) is 9.71. The van der Waals surface area contributed by atoms with Crippen molar-refractivity contribution in [1.82, 2.24) is 20.4 Å². The molecule has 0 bridgehead atoms. The largest absolute Gasteiger partial charge is 0.344 e. The van der Waals surface area contributed by atoms with E-state index in [-0.39, 0.29) is 24.1 Å². The number of nitrogens with zero attached hydrogens (tertiary/aromatic N) is 3. The number of thioether (sulfide) groups is 1. The Morgan fingerprint density at radius 1 is 1.21 bits per heavy atom. The molecular weight excluding hydrogens is 379 g/mol. The number of carbonyl (C=O) groups excluding carboxylic acids is 1. The summed E-state index contributed by atoms with van der Waals surface area (Å²) in [5.41, 5.74) is 0.792. The van der Waals surface area contributed by atoms with Gasteiger partial charge in [0.1, 0.15) is 11.9 Å². The standard InChI is InChI=1S/C20H21FN4O2S/c1-13(2)18(20-24-19(25-27-20)14-7-10-22-11-8-14)23-17(26)9-12-28-16-6-4-3-5-15(16)21/h3-8,10-11,13,18H,9,12H2,1-2H3,(H,23,26). The fourth-order valence-corrected chi connectivity index (χ4v) is 3.44. The minimum atomic E-state index is -0.394. The number of nitrogens with one attached hydrogen (secondary N) is 1. The Hall–Kier alpha value is -2.74. The lowest BCUT2D eigenvalue weighted by Crippen LogP contribution is -2.32. The second-order valence-corrected chi connectivity index (χ2v) is 7.65. The van der Waals surface area contributed by atoms with Crippen LogP contribution in [0.2, 0.25) is 0 Å². The molecule has 6 nitrogen and oxygen atoms in total. The molecule has 0 spiro atoms. The second-order valence-electron chi connectivity index (χ2n) is 6.51. The molecule has 1 amide bonds. The van der Waals surface area contributed by atoms with Crippen molar-refractivity contribution < 1.29 is 13.7 Å². The highest BCUT2D eigenvalue weighted by molar-refractivity contribution is 7.99. The number of amides is 1. The van der Waals surface area contributed by atoms with Gasteiger partial charge < -0.3 is 9.84 Å². The molecule has 1 N–H and O–H groups in total. The Labute approximate surface area is 167 Å². The van der Waals surface area contributed by atoms with Crippen LogP contribution in [0.25, 0.3) is 11.4 Å². The first-order valence-corrected chi connectivity index (χ1v) is 9.94. The van der Waals surface area contributed by atoms with Crippen LogP contribution >= 0.6 is 11.8 Å². The van der Waals surface area contributed by atoms with Gasteiger partial charge in [-0.25, -0.2) is 4.39 Å². The van der Waals surface area contributed by atoms with E-state index in [1.807, 2.05) is 13.8 Å². The Kier molecular flexibility index (Phi) is 6.76. The third-order valence-corrected chi connectivity index (χ3v) is 5.10. The Morgan fingerprint density at radius 2 is 1.96 bits per heavy atom. The number of hydrogen-bond donors (Lipinski definition) is 1. The first-order chi connectivity index (χ1) is 13.5. The number of pyridine rings is 1. The normalized spacial score (nSPS) is 12.1. The van der Waals surface area contributed by atoms with Gasteiger partial charge in [0, 0.05) is 35.0 Å². The van der Waals surface area contributed by atoms with Crippen LogP contribution < -0.4 is 5.32 Å². The maximum absolute atomic E-state index is 13.6. The maximum atomic E-state index is 13.6. The molecule has 3 rings (SSSR count). The molecule has 0 saturated heterocycles. The van der Waals surface area contributed by atoms with Crippen molar-refractivity contribution in [1.29, 1.82) is 0 Å². The highest BCUT2D eigenvalue weighted by atomic mass is 32.2. The minimum Gasteiger partial charge on any atom is -0.344 e. The third kappa shape index (κ3) is 5.16. The van der Waals surface area contributed by atoms with E-state index in [1.54, 1.807) is 42.7 Å². The maximum Gasteiger partial charge on any atom is 0.249 e. The summed E-state index contributed by atoms with van der Waals surface area (Å²) >= 11 is 1.31. The molecular formula is C20H21FN4O2S. The van der Waals surface area contributed by atoms with Gasteiger partial charge in [0.15, 0.2) is 0 Å². The number of carbonyl (C=O) groups is 1. The second kappa shape index (κ2) is 9.45. The van der Waals surface area contributed by atoms with Crippen molar-refractivity contribution in [2.45, 2.75) is 31.2 Å². The molecule has 0 aliphatic carbocycles. The lowest BCUT2D eigenvalue weighted by atomic mass is 10.0. The Bertz CT molecular complexity index is 917. The first kappa shape index (κ1) is 20.0. The van der Waals surface area contributed by atoms with Gasteiger partial charge in [-0.05, 0) is 30.2 Å². The average molecular weight is 400 g/mol. The van der Waals surface area contributed by atoms with Gasteiger partial charge in [0.25, 0.3) is 0 Å². The summed E-state index contributed by atoms with van der Waals surface area (Å²) in [6.07, 6.45) is 3.56. The summed E-state index contributed by atoms with van der Waals surface area (Å²) in [4.78, 5) is 21.3. The van der Waals surface area contributed by atoms with Crippen LogP contribution in [-0.2, 0) is 4.79 Å². The molecule has 0 aliphatic rings. The predicted octanol–water partition coefficient (Wildman–Crippen LogP) is 4.27. The topological polar surface area (TPSA) is 80.9 Å². The van der Waals surface area contributed by atoms with Gasteiger partial charge in [-0.1, -0.05) is 31.1 Å². The number of aromatic nitrogens is 3. The van der Waals surface area contributed by atoms with Crippen LogP contribution in [0.4, 0.5) is 4.39 Å². The number of benzene rings is 1. The van der Waals surface area contributed by atoms with Crippen LogP contribution in [0.5, 0.6) is 0 Å². The van der Waals surface area contributed by atoms with Crippen LogP contribution in [0.1, 0.15) is 32.2 Å². The van der Waals surface area contributed by atoms with E-state index in [0.717, 1.165) is 5.56 Å². The van der Waals surface area contributed by atoms with E-state index >= 15 is 0 Å². The van der Waals surface area contributed by atoms with E-state index in [0.29, 0.717) is 22.4 Å². The summed E-state index contributed by atoms with van der Waals surface area (Å²) in [7, 11) is 0. The van der Waals surface area contributed by atoms with Crippen LogP contribution in [0, 0.1) is 11.7 Å². The van der Waals surface area contributed by atoms with Crippen molar-refractivity contribution in [2.24, 2.45) is 5.92 Å². The first-order valence-electron chi connectivity index (χ1n) is 8.95. The zero-order chi connectivity index (χ0) is 19.9. The molecule has 0 aliphatic heterocycles. The van der Waals surface area contributed by atoms with Crippen molar-refractivity contribution in [2.75, 3.05) is 5.75 Å². The van der Waals surface area contributed by atoms with Gasteiger partial charge in [-0.3, -0.25) is 9.78 Å². The molecule has 146 valence electrons. The van der Waals surface area contributed by atoms with Gasteiger partial charge >= 0.3 is 0 Å². The Balaban J connectivity index is 1.59. The van der Waals surface area contributed by atoms with Crippen molar-refractivity contribution in [3.8, 4) is 11.4 Å². The average Bonchev–Trinajstić information content (AvgIpc) is 3.18. The molecule has 1 aromatic carbocycles. The number of halogens is 1. The van der Waals surface area contributed by atoms with Crippen molar-refractivity contribution in [3.63, 3.8) is 0 Å². The fourth-order valence-electron chi connectivity index (χ4n) is 2.55. The summed E-state index contributed by atoms with van der Waals surface area (Å²) in [6.45, 7) is 3.94. The molecule has 2 aromatic heterocycles. The molecule has 0 fully saturated rings. The lowest BCUT2D eigenvalue weighted by Gasteiger charge is -2.18. The highest BCUT2D eigenvalue weighted by Gasteiger charge is 2.24. The van der Waals surface area contributed by atoms with E-state index in [1.165, 1.54) is 17.8 Å². The molecule has 0 radical (unpaired) electrons.